The van der Waals surface area contributed by atoms with Gasteiger partial charge < -0.3 is 20.5 Å². The summed E-state index contributed by atoms with van der Waals surface area (Å²) >= 11 is 0. The number of aliphatic hydroxyl groups excluding tert-OH is 1. The van der Waals surface area contributed by atoms with Crippen LogP contribution < -0.4 is 5.11 Å². The summed E-state index contributed by atoms with van der Waals surface area (Å²) in [5.41, 5.74) is 0. The number of carboxylic acids is 1. The molecule has 2 N–H and O–H groups in total. The molecular formula is C2H4CaO4. The summed E-state index contributed by atoms with van der Waals surface area (Å²) in [7, 11) is 0. The second kappa shape index (κ2) is 9.82. The van der Waals surface area contributed by atoms with Crippen molar-refractivity contribution in [2.24, 2.45) is 0 Å². The quantitative estimate of drug-likeness (QED) is 0.389. The van der Waals surface area contributed by atoms with Crippen LogP contribution in [0.3, 0.4) is 0 Å². The summed E-state index contributed by atoms with van der Waals surface area (Å²) in [4.78, 5) is 9.01. The van der Waals surface area contributed by atoms with Crippen molar-refractivity contribution in [2.45, 2.75) is 0 Å². The van der Waals surface area contributed by atoms with Gasteiger partial charge in [0.05, 0.1) is 12.6 Å². The van der Waals surface area contributed by atoms with Gasteiger partial charge in [-0.15, -0.1) is 0 Å². The zero-order valence-corrected chi connectivity index (χ0v) is 5.83. The minimum atomic E-state index is -1.44. The molecule has 0 fully saturated rings. The Bertz CT molecular complexity index is 45.0. The van der Waals surface area contributed by atoms with Gasteiger partial charge in [-0.05, 0) is 0 Å². The number of aliphatic hydroxyl groups is 1. The maximum Gasteiger partial charge on any atom is 2.00 e. The molecule has 0 aromatic rings. The molecule has 0 amide bonds. The van der Waals surface area contributed by atoms with E-state index >= 15 is 0 Å². The van der Waals surface area contributed by atoms with E-state index in [9.17, 15) is 0 Å². The first-order valence-electron chi connectivity index (χ1n) is 1.08. The van der Waals surface area contributed by atoms with Crippen LogP contribution in [0.15, 0.2) is 0 Å². The fourth-order valence-electron chi connectivity index (χ4n) is 0. The summed E-state index contributed by atoms with van der Waals surface area (Å²) in [6.45, 7) is -0.889. The van der Waals surface area contributed by atoms with E-state index in [4.69, 9.17) is 15.0 Å². The molecule has 0 radical (unpaired) electrons. The number of carboxylic acid groups (broad SMARTS) is 1. The Morgan fingerprint density at radius 2 is 1.86 bits per heavy atom. The first-order valence-corrected chi connectivity index (χ1v) is 1.08. The number of aliphatic carboxylic acids is 1. The largest absolute Gasteiger partial charge is 2.00 e. The van der Waals surface area contributed by atoms with Crippen LogP contribution >= 0.6 is 0 Å². The Hall–Kier alpha value is 0.650. The normalized spacial score (nSPS) is 5.29. The van der Waals surface area contributed by atoms with Crippen LogP contribution in [0.1, 0.15) is 0 Å². The molecule has 0 spiro atoms. The second-order valence-electron chi connectivity index (χ2n) is 0.530. The van der Waals surface area contributed by atoms with Gasteiger partial charge in [0.1, 0.15) is 0 Å². The van der Waals surface area contributed by atoms with Gasteiger partial charge in [0, 0.05) is 0 Å². The molecule has 0 saturated heterocycles. The number of rotatable bonds is 1. The van der Waals surface area contributed by atoms with Crippen molar-refractivity contribution in [2.75, 3.05) is 6.61 Å². The number of carbonyl (C=O) groups is 1. The van der Waals surface area contributed by atoms with Gasteiger partial charge in [-0.1, -0.05) is 0 Å². The SMILES string of the molecule is O=C([O-])CO.[Ca+2].[OH-]. The summed E-state index contributed by atoms with van der Waals surface area (Å²) in [6, 6.07) is 0. The molecule has 0 bridgehead atoms. The fraction of sp³-hybridized carbons (Fsp3) is 0.500. The van der Waals surface area contributed by atoms with Crippen LogP contribution in [-0.2, 0) is 4.79 Å². The molecule has 0 aromatic heterocycles. The van der Waals surface area contributed by atoms with Crippen LogP contribution in [0.4, 0.5) is 0 Å². The van der Waals surface area contributed by atoms with Crippen molar-refractivity contribution in [1.29, 1.82) is 0 Å². The molecule has 0 aliphatic carbocycles. The summed E-state index contributed by atoms with van der Waals surface area (Å²) in [5, 5.41) is 16.5. The standard InChI is InChI=1S/C2H4O3.Ca.H2O/c3-1-2(4)5;;/h3H,1H2,(H,4,5);;1H2/q;+2;/p-2. The first-order chi connectivity index (χ1) is 2.27. The molecule has 0 aliphatic heterocycles. The van der Waals surface area contributed by atoms with Gasteiger partial charge in [0.2, 0.25) is 0 Å². The Morgan fingerprint density at radius 3 is 1.86 bits per heavy atom. The molecule has 0 atom stereocenters. The van der Waals surface area contributed by atoms with Crippen LogP contribution in [-0.4, -0.2) is 60.9 Å². The Morgan fingerprint density at radius 1 is 1.71 bits per heavy atom. The van der Waals surface area contributed by atoms with Crippen molar-refractivity contribution in [3.05, 3.63) is 0 Å². The van der Waals surface area contributed by atoms with Crippen LogP contribution in [0.2, 0.25) is 0 Å². The van der Waals surface area contributed by atoms with Gasteiger partial charge in [-0.25, -0.2) is 0 Å². The summed E-state index contributed by atoms with van der Waals surface area (Å²) < 4.78 is 0. The van der Waals surface area contributed by atoms with Crippen LogP contribution in [0, 0.1) is 0 Å². The minimum Gasteiger partial charge on any atom is -0.870 e. The Balaban J connectivity index is -0.0000000800. The van der Waals surface area contributed by atoms with Crippen molar-refractivity contribution in [3.8, 4) is 0 Å². The molecule has 0 heterocycles. The van der Waals surface area contributed by atoms with E-state index < -0.39 is 12.6 Å². The number of hydrogen-bond acceptors (Lipinski definition) is 4. The average molecular weight is 132 g/mol. The summed E-state index contributed by atoms with van der Waals surface area (Å²) in [5.74, 6) is -1.44. The van der Waals surface area contributed by atoms with Crippen molar-refractivity contribution < 1.29 is 20.5 Å². The van der Waals surface area contributed by atoms with Gasteiger partial charge in [0.25, 0.3) is 0 Å². The molecule has 0 aliphatic rings. The maximum atomic E-state index is 9.01. The Kier molecular flexibility index (Phi) is 21.9. The molecule has 7 heavy (non-hydrogen) atoms. The third kappa shape index (κ3) is 20.5. The second-order valence-corrected chi connectivity index (χ2v) is 0.530. The molecule has 4 nitrogen and oxygen atoms in total. The van der Waals surface area contributed by atoms with Crippen molar-refractivity contribution >= 4 is 43.7 Å². The molecule has 5 heteroatoms. The predicted octanol–water partition coefficient (Wildman–Crippen LogP) is -2.83. The van der Waals surface area contributed by atoms with Crippen molar-refractivity contribution in [3.63, 3.8) is 0 Å². The van der Waals surface area contributed by atoms with Gasteiger partial charge in [-0.2, -0.15) is 0 Å². The molecule has 0 aromatic carbocycles. The van der Waals surface area contributed by atoms with E-state index in [0.717, 1.165) is 0 Å². The molecule has 0 saturated carbocycles. The average Bonchev–Trinajstić information content (AvgIpc) is 1.38. The van der Waals surface area contributed by atoms with E-state index in [2.05, 4.69) is 0 Å². The smallest absolute Gasteiger partial charge is 0.870 e. The third-order valence-corrected chi connectivity index (χ3v) is 0.129. The third-order valence-electron chi connectivity index (χ3n) is 0.129. The molecule has 38 valence electrons. The van der Waals surface area contributed by atoms with Crippen LogP contribution in [0.5, 0.6) is 0 Å². The fourth-order valence-corrected chi connectivity index (χ4v) is 0. The number of hydrogen-bond donors (Lipinski definition) is 1. The number of carbonyl (C=O) groups excluding carboxylic acids is 1. The zero-order chi connectivity index (χ0) is 4.28. The van der Waals surface area contributed by atoms with E-state index in [1.165, 1.54) is 0 Å². The maximum absolute atomic E-state index is 9.01. The molecule has 0 rings (SSSR count). The topological polar surface area (TPSA) is 90.4 Å². The zero-order valence-electron chi connectivity index (χ0n) is 3.63. The minimum absolute atomic E-state index is 0. The van der Waals surface area contributed by atoms with Crippen LogP contribution in [0.25, 0.3) is 0 Å². The monoisotopic (exact) mass is 132 g/mol. The first kappa shape index (κ1) is 15.6. The van der Waals surface area contributed by atoms with Gasteiger partial charge in [-0.3, -0.25) is 0 Å². The summed E-state index contributed by atoms with van der Waals surface area (Å²) in [6.07, 6.45) is 0. The van der Waals surface area contributed by atoms with E-state index in [1.54, 1.807) is 0 Å². The van der Waals surface area contributed by atoms with Gasteiger partial charge in [0.15, 0.2) is 0 Å². The molecule has 0 unspecified atom stereocenters. The predicted molar refractivity (Wildman–Crippen MR) is 19.8 cm³/mol. The molecular weight excluding hydrogens is 128 g/mol. The Labute approximate surface area is 70.5 Å². The van der Waals surface area contributed by atoms with E-state index in [1.807, 2.05) is 0 Å². The van der Waals surface area contributed by atoms with E-state index in [0.29, 0.717) is 0 Å². The van der Waals surface area contributed by atoms with E-state index in [-0.39, 0.29) is 43.2 Å². The van der Waals surface area contributed by atoms with Crippen molar-refractivity contribution in [1.82, 2.24) is 0 Å². The van der Waals surface area contributed by atoms with Gasteiger partial charge >= 0.3 is 37.7 Å².